The minimum atomic E-state index is -3.34. The van der Waals surface area contributed by atoms with Crippen LogP contribution in [0.4, 0.5) is 0 Å². The van der Waals surface area contributed by atoms with Gasteiger partial charge in [-0.3, -0.25) is 4.68 Å². The molecule has 6 nitrogen and oxygen atoms in total. The van der Waals surface area contributed by atoms with Gasteiger partial charge >= 0.3 is 0 Å². The number of hydrogen-bond acceptors (Lipinski definition) is 4. The molecule has 0 amide bonds. The zero-order valence-corrected chi connectivity index (χ0v) is 8.57. The number of nitrogens with zero attached hydrogens (tertiary/aromatic N) is 2. The van der Waals surface area contributed by atoms with Crippen LogP contribution in [0.2, 0.25) is 0 Å². The van der Waals surface area contributed by atoms with Crippen molar-refractivity contribution in [2.24, 2.45) is 5.14 Å². The standard InChI is InChI=1S/C7H14N4O2S/c8-14(12,13)7-4-9-3-6-11-5-1-2-10-11/h1-2,5,9H,3-4,6-7H2,(H2,8,12,13). The Morgan fingerprint density at radius 2 is 2.21 bits per heavy atom. The summed E-state index contributed by atoms with van der Waals surface area (Å²) in [5.41, 5.74) is 0. The van der Waals surface area contributed by atoms with Crippen molar-refractivity contribution in [1.29, 1.82) is 0 Å². The summed E-state index contributed by atoms with van der Waals surface area (Å²) in [4.78, 5) is 0. The van der Waals surface area contributed by atoms with E-state index in [2.05, 4.69) is 10.4 Å². The molecule has 80 valence electrons. The molecule has 0 aliphatic heterocycles. The van der Waals surface area contributed by atoms with E-state index in [4.69, 9.17) is 5.14 Å². The molecule has 0 unspecified atom stereocenters. The summed E-state index contributed by atoms with van der Waals surface area (Å²) in [6.45, 7) is 1.77. The maximum atomic E-state index is 10.5. The first-order valence-corrected chi connectivity index (χ1v) is 5.98. The Morgan fingerprint density at radius 1 is 1.43 bits per heavy atom. The molecule has 0 fully saturated rings. The Kier molecular flexibility index (Phi) is 4.05. The highest BCUT2D eigenvalue weighted by Gasteiger charge is 2.00. The molecular weight excluding hydrogens is 204 g/mol. The average Bonchev–Trinajstić information content (AvgIpc) is 2.54. The Bertz CT molecular complexity index is 346. The summed E-state index contributed by atoms with van der Waals surface area (Å²) in [6, 6.07) is 1.84. The number of aromatic nitrogens is 2. The molecule has 0 radical (unpaired) electrons. The molecule has 3 N–H and O–H groups in total. The molecule has 0 aliphatic rings. The lowest BCUT2D eigenvalue weighted by Crippen LogP contribution is -2.29. The zero-order valence-electron chi connectivity index (χ0n) is 7.76. The smallest absolute Gasteiger partial charge is 0.210 e. The van der Waals surface area contributed by atoms with Gasteiger partial charge < -0.3 is 5.32 Å². The number of hydrogen-bond donors (Lipinski definition) is 2. The molecule has 0 spiro atoms. The van der Waals surface area contributed by atoms with Crippen LogP contribution in [0.15, 0.2) is 18.5 Å². The Morgan fingerprint density at radius 3 is 2.79 bits per heavy atom. The summed E-state index contributed by atoms with van der Waals surface area (Å²) < 4.78 is 22.9. The SMILES string of the molecule is NS(=O)(=O)CCNCCn1cccn1. The second-order valence-electron chi connectivity index (χ2n) is 2.89. The van der Waals surface area contributed by atoms with Crippen LogP contribution >= 0.6 is 0 Å². The molecule has 0 saturated heterocycles. The minimum Gasteiger partial charge on any atom is -0.314 e. The predicted octanol–water partition coefficient (Wildman–Crippen LogP) is -1.24. The third-order valence-corrected chi connectivity index (χ3v) is 2.41. The van der Waals surface area contributed by atoms with Crippen molar-refractivity contribution in [3.05, 3.63) is 18.5 Å². The number of nitrogens with one attached hydrogen (secondary N) is 1. The van der Waals surface area contributed by atoms with Gasteiger partial charge in [0.15, 0.2) is 0 Å². The molecule has 0 aromatic carbocycles. The summed E-state index contributed by atoms with van der Waals surface area (Å²) in [5, 5.41) is 11.8. The van der Waals surface area contributed by atoms with Gasteiger partial charge in [0.2, 0.25) is 10.0 Å². The molecule has 1 aromatic rings. The summed E-state index contributed by atoms with van der Waals surface area (Å²) in [7, 11) is -3.34. The highest BCUT2D eigenvalue weighted by molar-refractivity contribution is 7.89. The molecule has 1 rings (SSSR count). The number of nitrogens with two attached hydrogens (primary N) is 1. The van der Waals surface area contributed by atoms with Crippen molar-refractivity contribution in [3.8, 4) is 0 Å². The van der Waals surface area contributed by atoms with Crippen LogP contribution in [0, 0.1) is 0 Å². The lowest BCUT2D eigenvalue weighted by Gasteiger charge is -2.03. The molecule has 0 bridgehead atoms. The van der Waals surface area contributed by atoms with Crippen LogP contribution in [0.25, 0.3) is 0 Å². The lowest BCUT2D eigenvalue weighted by molar-refractivity contribution is 0.559. The Labute approximate surface area is 83.1 Å². The van der Waals surface area contributed by atoms with Gasteiger partial charge in [-0.2, -0.15) is 5.10 Å². The fraction of sp³-hybridized carbons (Fsp3) is 0.571. The van der Waals surface area contributed by atoms with Crippen LogP contribution in [0.3, 0.4) is 0 Å². The van der Waals surface area contributed by atoms with Gasteiger partial charge in [-0.1, -0.05) is 0 Å². The number of sulfonamides is 1. The van der Waals surface area contributed by atoms with E-state index in [1.165, 1.54) is 0 Å². The molecule has 14 heavy (non-hydrogen) atoms. The molecule has 7 heteroatoms. The van der Waals surface area contributed by atoms with E-state index in [1.807, 2.05) is 12.3 Å². The van der Waals surface area contributed by atoms with Crippen LogP contribution in [0.1, 0.15) is 0 Å². The van der Waals surface area contributed by atoms with Crippen LogP contribution in [-0.4, -0.2) is 37.0 Å². The van der Waals surface area contributed by atoms with E-state index < -0.39 is 10.0 Å². The molecule has 0 aliphatic carbocycles. The van der Waals surface area contributed by atoms with Crippen molar-refractivity contribution < 1.29 is 8.42 Å². The monoisotopic (exact) mass is 218 g/mol. The highest BCUT2D eigenvalue weighted by Crippen LogP contribution is 1.82. The van der Waals surface area contributed by atoms with Crippen molar-refractivity contribution in [2.75, 3.05) is 18.8 Å². The largest absolute Gasteiger partial charge is 0.314 e. The summed E-state index contributed by atoms with van der Waals surface area (Å²) in [6.07, 6.45) is 3.55. The third kappa shape index (κ3) is 4.95. The lowest BCUT2D eigenvalue weighted by atomic mass is 10.6. The summed E-state index contributed by atoms with van der Waals surface area (Å²) >= 11 is 0. The average molecular weight is 218 g/mol. The maximum Gasteiger partial charge on any atom is 0.210 e. The quantitative estimate of drug-likeness (QED) is 0.584. The van der Waals surface area contributed by atoms with Gasteiger partial charge in [0.05, 0.1) is 12.3 Å². The van der Waals surface area contributed by atoms with Gasteiger partial charge in [0.1, 0.15) is 0 Å². The van der Waals surface area contributed by atoms with Gasteiger partial charge in [-0.25, -0.2) is 13.6 Å². The van der Waals surface area contributed by atoms with Crippen molar-refractivity contribution >= 4 is 10.0 Å². The van der Waals surface area contributed by atoms with Crippen LogP contribution in [0.5, 0.6) is 0 Å². The van der Waals surface area contributed by atoms with Crippen molar-refractivity contribution in [3.63, 3.8) is 0 Å². The highest BCUT2D eigenvalue weighted by atomic mass is 32.2. The number of rotatable bonds is 6. The first kappa shape index (κ1) is 11.2. The zero-order chi connectivity index (χ0) is 10.4. The van der Waals surface area contributed by atoms with E-state index in [1.54, 1.807) is 10.9 Å². The fourth-order valence-corrected chi connectivity index (χ4v) is 1.39. The number of primary sulfonamides is 1. The molecule has 1 aromatic heterocycles. The fourth-order valence-electron chi connectivity index (χ4n) is 0.966. The molecule has 0 atom stereocenters. The Balaban J connectivity index is 2.06. The van der Waals surface area contributed by atoms with Crippen LogP contribution < -0.4 is 10.5 Å². The second-order valence-corrected chi connectivity index (χ2v) is 4.62. The van der Waals surface area contributed by atoms with Gasteiger partial charge in [-0.15, -0.1) is 0 Å². The first-order chi connectivity index (χ1) is 6.58. The first-order valence-electron chi connectivity index (χ1n) is 4.26. The minimum absolute atomic E-state index is 0.0356. The van der Waals surface area contributed by atoms with Crippen molar-refractivity contribution in [2.45, 2.75) is 6.54 Å². The van der Waals surface area contributed by atoms with Gasteiger partial charge in [-0.05, 0) is 6.07 Å². The predicted molar refractivity (Wildman–Crippen MR) is 53.1 cm³/mol. The van der Waals surface area contributed by atoms with E-state index in [-0.39, 0.29) is 5.75 Å². The van der Waals surface area contributed by atoms with Gasteiger partial charge in [0, 0.05) is 25.5 Å². The van der Waals surface area contributed by atoms with E-state index in [0.29, 0.717) is 13.1 Å². The normalized spacial score (nSPS) is 11.8. The maximum absolute atomic E-state index is 10.5. The Hall–Kier alpha value is -0.920. The van der Waals surface area contributed by atoms with E-state index >= 15 is 0 Å². The van der Waals surface area contributed by atoms with Crippen molar-refractivity contribution in [1.82, 2.24) is 15.1 Å². The van der Waals surface area contributed by atoms with E-state index in [0.717, 1.165) is 6.54 Å². The molecule has 0 saturated carbocycles. The van der Waals surface area contributed by atoms with E-state index in [9.17, 15) is 8.42 Å². The summed E-state index contributed by atoms with van der Waals surface area (Å²) in [5.74, 6) is -0.0356. The molecular formula is C7H14N4O2S. The second kappa shape index (κ2) is 5.08. The molecule has 1 heterocycles. The topological polar surface area (TPSA) is 90.0 Å². The van der Waals surface area contributed by atoms with Crippen LogP contribution in [-0.2, 0) is 16.6 Å². The van der Waals surface area contributed by atoms with Gasteiger partial charge in [0.25, 0.3) is 0 Å². The third-order valence-electron chi connectivity index (χ3n) is 1.64.